The van der Waals surface area contributed by atoms with Gasteiger partial charge in [0.2, 0.25) is 5.91 Å². The summed E-state index contributed by atoms with van der Waals surface area (Å²) in [5.41, 5.74) is 13.6. The molecular weight excluding hydrogens is 238 g/mol. The van der Waals surface area contributed by atoms with Gasteiger partial charge >= 0.3 is 5.97 Å². The third kappa shape index (κ3) is 6.72. The van der Waals surface area contributed by atoms with E-state index in [1.165, 1.54) is 0 Å². The van der Waals surface area contributed by atoms with Crippen molar-refractivity contribution in [2.24, 2.45) is 10.8 Å². The Morgan fingerprint density at radius 2 is 2.22 bits per heavy atom. The van der Waals surface area contributed by atoms with E-state index >= 15 is 0 Å². The van der Waals surface area contributed by atoms with Crippen LogP contribution in [0.4, 0.5) is 0 Å². The summed E-state index contributed by atoms with van der Waals surface area (Å²) >= 11 is 0. The molecule has 0 aromatic heterocycles. The predicted octanol–water partition coefficient (Wildman–Crippen LogP) is 0.774. The molecule has 0 saturated heterocycles. The maximum absolute atomic E-state index is 11.6. The number of rotatable bonds is 9. The molecule has 1 amide bonds. The van der Waals surface area contributed by atoms with Crippen LogP contribution in [0.25, 0.3) is 10.4 Å². The number of aliphatic carboxylic acids is 1. The summed E-state index contributed by atoms with van der Waals surface area (Å²) in [5.74, 6) is -1.52. The van der Waals surface area contributed by atoms with Crippen LogP contribution in [0.2, 0.25) is 0 Å². The molecule has 1 unspecified atom stereocenters. The standard InChI is InChI=1S/C10H19N5O3/c1-2-7(14-15-12)6-9(16)13-8(10(17)18)4-3-5-11/h7-8H,2-6,11H2,1H3,(H,13,16)(H,17,18)/t7?,8-/m0/s1. The normalized spacial score (nSPS) is 13.2. The highest BCUT2D eigenvalue weighted by Gasteiger charge is 2.20. The van der Waals surface area contributed by atoms with E-state index in [1.54, 1.807) is 6.92 Å². The Labute approximate surface area is 105 Å². The van der Waals surface area contributed by atoms with Crippen molar-refractivity contribution in [3.05, 3.63) is 10.4 Å². The summed E-state index contributed by atoms with van der Waals surface area (Å²) in [6.45, 7) is 2.16. The fraction of sp³-hybridized carbons (Fsp3) is 0.800. The van der Waals surface area contributed by atoms with Crippen molar-refractivity contribution >= 4 is 11.9 Å². The van der Waals surface area contributed by atoms with E-state index in [9.17, 15) is 9.59 Å². The highest BCUT2D eigenvalue weighted by Crippen LogP contribution is 2.05. The second kappa shape index (κ2) is 9.26. The number of carbonyl (C=O) groups is 2. The van der Waals surface area contributed by atoms with Crippen molar-refractivity contribution in [2.45, 2.75) is 44.7 Å². The summed E-state index contributed by atoms with van der Waals surface area (Å²) < 4.78 is 0. The van der Waals surface area contributed by atoms with E-state index in [2.05, 4.69) is 15.3 Å². The van der Waals surface area contributed by atoms with E-state index in [0.717, 1.165) is 0 Å². The minimum Gasteiger partial charge on any atom is -0.480 e. The predicted molar refractivity (Wildman–Crippen MR) is 65.7 cm³/mol. The quantitative estimate of drug-likeness (QED) is 0.318. The van der Waals surface area contributed by atoms with Crippen LogP contribution in [0, 0.1) is 0 Å². The number of azide groups is 1. The van der Waals surface area contributed by atoms with Gasteiger partial charge in [0.05, 0.1) is 0 Å². The van der Waals surface area contributed by atoms with E-state index in [1.807, 2.05) is 0 Å². The summed E-state index contributed by atoms with van der Waals surface area (Å²) in [5, 5.41) is 14.8. The lowest BCUT2D eigenvalue weighted by Gasteiger charge is -2.15. The van der Waals surface area contributed by atoms with Gasteiger partial charge in [-0.1, -0.05) is 12.0 Å². The number of carboxylic acids is 1. The maximum atomic E-state index is 11.6. The fourth-order valence-corrected chi connectivity index (χ4v) is 1.39. The zero-order chi connectivity index (χ0) is 14.0. The molecule has 0 aromatic carbocycles. The van der Waals surface area contributed by atoms with Crippen molar-refractivity contribution in [2.75, 3.05) is 6.54 Å². The molecule has 0 fully saturated rings. The van der Waals surface area contributed by atoms with Gasteiger partial charge in [-0.05, 0) is 31.3 Å². The van der Waals surface area contributed by atoms with E-state index in [0.29, 0.717) is 19.4 Å². The molecule has 18 heavy (non-hydrogen) atoms. The van der Waals surface area contributed by atoms with Crippen LogP contribution in [0.5, 0.6) is 0 Å². The van der Waals surface area contributed by atoms with Crippen LogP contribution in [-0.4, -0.2) is 35.6 Å². The lowest BCUT2D eigenvalue weighted by molar-refractivity contribution is -0.142. The van der Waals surface area contributed by atoms with Gasteiger partial charge in [0.25, 0.3) is 0 Å². The molecule has 0 bridgehead atoms. The average Bonchev–Trinajstić information content (AvgIpc) is 2.33. The van der Waals surface area contributed by atoms with Crippen LogP contribution in [-0.2, 0) is 9.59 Å². The molecule has 8 heteroatoms. The van der Waals surface area contributed by atoms with Crippen molar-refractivity contribution in [1.29, 1.82) is 0 Å². The number of carboxylic acid groups (broad SMARTS) is 1. The number of nitrogens with one attached hydrogen (secondary N) is 1. The first-order valence-electron chi connectivity index (χ1n) is 5.81. The third-order valence-corrected chi connectivity index (χ3v) is 2.44. The van der Waals surface area contributed by atoms with Gasteiger partial charge in [0.15, 0.2) is 0 Å². The van der Waals surface area contributed by atoms with Crippen LogP contribution in [0.15, 0.2) is 5.11 Å². The van der Waals surface area contributed by atoms with Gasteiger partial charge in [-0.25, -0.2) is 4.79 Å². The smallest absolute Gasteiger partial charge is 0.326 e. The number of hydrogen-bond acceptors (Lipinski definition) is 4. The van der Waals surface area contributed by atoms with Gasteiger partial charge in [0.1, 0.15) is 6.04 Å². The molecule has 8 nitrogen and oxygen atoms in total. The van der Waals surface area contributed by atoms with Crippen molar-refractivity contribution in [3.8, 4) is 0 Å². The SMILES string of the molecule is CCC(CC(=O)N[C@@H](CCCN)C(=O)O)N=[N+]=[N-]. The van der Waals surface area contributed by atoms with Crippen molar-refractivity contribution in [1.82, 2.24) is 5.32 Å². The van der Waals surface area contributed by atoms with E-state index < -0.39 is 24.0 Å². The van der Waals surface area contributed by atoms with Gasteiger partial charge in [-0.3, -0.25) is 4.79 Å². The molecule has 0 heterocycles. The fourth-order valence-electron chi connectivity index (χ4n) is 1.39. The Hall–Kier alpha value is -1.79. The Kier molecular flexibility index (Phi) is 8.34. The Morgan fingerprint density at radius 1 is 1.56 bits per heavy atom. The average molecular weight is 257 g/mol. The van der Waals surface area contributed by atoms with Gasteiger partial charge in [0, 0.05) is 17.4 Å². The molecule has 102 valence electrons. The monoisotopic (exact) mass is 257 g/mol. The summed E-state index contributed by atoms with van der Waals surface area (Å²) in [7, 11) is 0. The number of hydrogen-bond donors (Lipinski definition) is 3. The van der Waals surface area contributed by atoms with Gasteiger partial charge in [-0.15, -0.1) is 0 Å². The lowest BCUT2D eigenvalue weighted by atomic mass is 10.1. The number of carbonyl (C=O) groups excluding carboxylic acids is 1. The Bertz CT molecular complexity index is 327. The minimum absolute atomic E-state index is 0.00698. The summed E-state index contributed by atoms with van der Waals surface area (Å²) in [6, 6.07) is -1.39. The molecule has 0 rings (SSSR count). The Balaban J connectivity index is 4.32. The van der Waals surface area contributed by atoms with E-state index in [-0.39, 0.29) is 12.8 Å². The zero-order valence-corrected chi connectivity index (χ0v) is 10.4. The second-order valence-corrected chi connectivity index (χ2v) is 3.86. The zero-order valence-electron chi connectivity index (χ0n) is 10.4. The summed E-state index contributed by atoms with van der Waals surface area (Å²) in [6.07, 6.45) is 1.33. The number of nitrogens with two attached hydrogens (primary N) is 1. The number of nitrogens with zero attached hydrogens (tertiary/aromatic N) is 3. The molecule has 0 aromatic rings. The highest BCUT2D eigenvalue weighted by atomic mass is 16.4. The summed E-state index contributed by atoms with van der Waals surface area (Å²) in [4.78, 5) is 25.1. The Morgan fingerprint density at radius 3 is 2.67 bits per heavy atom. The first-order valence-corrected chi connectivity index (χ1v) is 5.81. The molecule has 4 N–H and O–H groups in total. The first kappa shape index (κ1) is 16.2. The molecule has 0 spiro atoms. The molecule has 0 aliphatic carbocycles. The topological polar surface area (TPSA) is 141 Å². The second-order valence-electron chi connectivity index (χ2n) is 3.86. The lowest BCUT2D eigenvalue weighted by Crippen LogP contribution is -2.41. The van der Waals surface area contributed by atoms with Crippen LogP contribution < -0.4 is 11.1 Å². The van der Waals surface area contributed by atoms with Gasteiger partial charge in [-0.2, -0.15) is 0 Å². The molecule has 0 aliphatic heterocycles. The molecular formula is C10H19N5O3. The highest BCUT2D eigenvalue weighted by molar-refractivity contribution is 5.83. The van der Waals surface area contributed by atoms with Crippen molar-refractivity contribution in [3.63, 3.8) is 0 Å². The third-order valence-electron chi connectivity index (χ3n) is 2.44. The molecule has 0 radical (unpaired) electrons. The molecule has 0 saturated carbocycles. The number of amides is 1. The minimum atomic E-state index is -1.09. The first-order chi connectivity index (χ1) is 8.54. The van der Waals surface area contributed by atoms with Crippen molar-refractivity contribution < 1.29 is 14.7 Å². The van der Waals surface area contributed by atoms with E-state index in [4.69, 9.17) is 16.4 Å². The van der Waals surface area contributed by atoms with Crippen LogP contribution >= 0.6 is 0 Å². The van der Waals surface area contributed by atoms with Crippen LogP contribution in [0.3, 0.4) is 0 Å². The van der Waals surface area contributed by atoms with Gasteiger partial charge < -0.3 is 16.2 Å². The maximum Gasteiger partial charge on any atom is 0.326 e. The molecule has 0 aliphatic rings. The molecule has 2 atom stereocenters. The van der Waals surface area contributed by atoms with Crippen LogP contribution in [0.1, 0.15) is 32.6 Å². The largest absolute Gasteiger partial charge is 0.480 e.